The lowest BCUT2D eigenvalue weighted by atomic mass is 10.0. The number of carbonyl (C=O) groups is 1. The second-order valence-electron chi connectivity index (χ2n) is 8.30. The van der Waals surface area contributed by atoms with Gasteiger partial charge in [-0.25, -0.2) is 4.39 Å². The highest BCUT2D eigenvalue weighted by Crippen LogP contribution is 2.35. The van der Waals surface area contributed by atoms with Crippen LogP contribution in [0.15, 0.2) is 34.0 Å². The van der Waals surface area contributed by atoms with Crippen molar-refractivity contribution in [3.05, 3.63) is 67.6 Å². The zero-order valence-corrected chi connectivity index (χ0v) is 21.8. The van der Waals surface area contributed by atoms with Crippen LogP contribution in [0.2, 0.25) is 0 Å². The Balaban J connectivity index is 2.01. The minimum atomic E-state index is -0.394. The SMILES string of the molecule is CCCCCCN1C(=O)/C(=C\c2c(C)c(C#N)c(=O)n(CC)c2NCc2ccc(F)cc2)SC1=S. The zero-order valence-electron chi connectivity index (χ0n) is 20.2. The number of rotatable bonds is 10. The number of hydrogen-bond donors (Lipinski definition) is 1. The van der Waals surface area contributed by atoms with E-state index in [1.54, 1.807) is 30.0 Å². The van der Waals surface area contributed by atoms with Crippen LogP contribution in [0.4, 0.5) is 10.2 Å². The highest BCUT2D eigenvalue weighted by atomic mass is 32.2. The first-order valence-electron chi connectivity index (χ1n) is 11.7. The molecule has 1 fully saturated rings. The number of amides is 1. The number of thioether (sulfide) groups is 1. The molecule has 1 aromatic carbocycles. The van der Waals surface area contributed by atoms with E-state index in [2.05, 4.69) is 12.2 Å². The van der Waals surface area contributed by atoms with Gasteiger partial charge in [-0.2, -0.15) is 5.26 Å². The number of hydrogen-bond acceptors (Lipinski definition) is 6. The van der Waals surface area contributed by atoms with Gasteiger partial charge in [0, 0.05) is 25.2 Å². The van der Waals surface area contributed by atoms with Crippen LogP contribution in [0.3, 0.4) is 0 Å². The van der Waals surface area contributed by atoms with Crippen molar-refractivity contribution in [2.75, 3.05) is 11.9 Å². The van der Waals surface area contributed by atoms with Crippen LogP contribution in [-0.4, -0.2) is 26.2 Å². The highest BCUT2D eigenvalue weighted by molar-refractivity contribution is 8.26. The Labute approximate surface area is 214 Å². The van der Waals surface area contributed by atoms with Crippen LogP contribution in [-0.2, 0) is 17.9 Å². The molecule has 1 saturated heterocycles. The molecule has 0 unspecified atom stereocenters. The molecular weight excluding hydrogens is 483 g/mol. The summed E-state index contributed by atoms with van der Waals surface area (Å²) in [5.41, 5.74) is 1.57. The summed E-state index contributed by atoms with van der Waals surface area (Å²) in [6.45, 7) is 6.91. The van der Waals surface area contributed by atoms with Gasteiger partial charge in [0.1, 0.15) is 27.6 Å². The highest BCUT2D eigenvalue weighted by Gasteiger charge is 2.32. The third-order valence-corrected chi connectivity index (χ3v) is 7.33. The summed E-state index contributed by atoms with van der Waals surface area (Å²) < 4.78 is 15.3. The van der Waals surface area contributed by atoms with E-state index < -0.39 is 5.56 Å². The monoisotopic (exact) mass is 512 g/mol. The van der Waals surface area contributed by atoms with Crippen LogP contribution in [0, 0.1) is 24.1 Å². The topological polar surface area (TPSA) is 78.1 Å². The maximum Gasteiger partial charge on any atom is 0.270 e. The summed E-state index contributed by atoms with van der Waals surface area (Å²) in [5.74, 6) is 0.0190. The Bertz CT molecular complexity index is 1250. The van der Waals surface area contributed by atoms with Gasteiger partial charge in [-0.1, -0.05) is 62.3 Å². The molecular formula is C26H29FN4O2S2. The van der Waals surface area contributed by atoms with E-state index in [9.17, 15) is 19.2 Å². The Morgan fingerprint density at radius 1 is 1.17 bits per heavy atom. The molecule has 0 radical (unpaired) electrons. The number of nitrogens with one attached hydrogen (secondary N) is 1. The number of pyridine rings is 1. The first kappa shape index (κ1) is 26.6. The first-order valence-corrected chi connectivity index (χ1v) is 13.0. The lowest BCUT2D eigenvalue weighted by molar-refractivity contribution is -0.122. The van der Waals surface area contributed by atoms with Gasteiger partial charge in [0.15, 0.2) is 0 Å². The lowest BCUT2D eigenvalue weighted by Crippen LogP contribution is -2.29. The number of carbonyl (C=O) groups excluding carboxylic acids is 1. The van der Waals surface area contributed by atoms with Gasteiger partial charge in [-0.15, -0.1) is 0 Å². The number of anilines is 1. The molecule has 35 heavy (non-hydrogen) atoms. The van der Waals surface area contributed by atoms with Crippen molar-refractivity contribution in [3.63, 3.8) is 0 Å². The minimum Gasteiger partial charge on any atom is -0.367 e. The largest absolute Gasteiger partial charge is 0.367 e. The second-order valence-corrected chi connectivity index (χ2v) is 9.97. The van der Waals surface area contributed by atoms with Gasteiger partial charge in [0.2, 0.25) is 0 Å². The zero-order chi connectivity index (χ0) is 25.5. The molecule has 1 N–H and O–H groups in total. The van der Waals surface area contributed by atoms with Crippen LogP contribution in [0.5, 0.6) is 0 Å². The molecule has 0 aliphatic carbocycles. The van der Waals surface area contributed by atoms with Gasteiger partial charge >= 0.3 is 0 Å². The standard InChI is InChI=1S/C26H29FN4O2S2/c1-4-6-7-8-13-31-25(33)22(35-26(31)34)14-20-17(3)21(15-28)24(32)30(5-2)23(20)29-16-18-9-11-19(27)12-10-18/h9-12,14,29H,4-8,13,16H2,1-3H3/b22-14+. The molecule has 3 rings (SSSR count). The van der Waals surface area contributed by atoms with E-state index in [4.69, 9.17) is 12.2 Å². The van der Waals surface area contributed by atoms with E-state index in [-0.39, 0.29) is 17.3 Å². The third-order valence-electron chi connectivity index (χ3n) is 5.95. The molecule has 184 valence electrons. The predicted molar refractivity (Wildman–Crippen MR) is 144 cm³/mol. The number of aromatic nitrogens is 1. The van der Waals surface area contributed by atoms with Gasteiger partial charge in [0.05, 0.1) is 4.91 Å². The molecule has 1 aromatic heterocycles. The molecule has 2 aromatic rings. The fraction of sp³-hybridized carbons (Fsp3) is 0.385. The Kier molecular flexibility index (Phi) is 9.24. The number of thiocarbonyl (C=S) groups is 1. The maximum atomic E-state index is 13.3. The summed E-state index contributed by atoms with van der Waals surface area (Å²) in [5, 5.41) is 12.9. The molecule has 0 saturated carbocycles. The lowest BCUT2D eigenvalue weighted by Gasteiger charge is -2.19. The summed E-state index contributed by atoms with van der Waals surface area (Å²) >= 11 is 6.71. The number of nitrogens with zero attached hydrogens (tertiary/aromatic N) is 3. The molecule has 1 amide bonds. The second kappa shape index (κ2) is 12.1. The number of unbranched alkanes of at least 4 members (excludes halogenated alkanes) is 3. The average Bonchev–Trinajstić information content (AvgIpc) is 3.11. The third kappa shape index (κ3) is 6.00. The summed E-state index contributed by atoms with van der Waals surface area (Å²) in [7, 11) is 0. The molecule has 2 heterocycles. The fourth-order valence-corrected chi connectivity index (χ4v) is 5.25. The molecule has 1 aliphatic heterocycles. The van der Waals surface area contributed by atoms with E-state index in [0.29, 0.717) is 45.8 Å². The van der Waals surface area contributed by atoms with Crippen molar-refractivity contribution < 1.29 is 9.18 Å². The van der Waals surface area contributed by atoms with Gasteiger partial charge in [-0.3, -0.25) is 19.1 Å². The fourth-order valence-electron chi connectivity index (χ4n) is 3.96. The summed E-state index contributed by atoms with van der Waals surface area (Å²) in [6, 6.07) is 8.10. The summed E-state index contributed by atoms with van der Waals surface area (Å²) in [6.07, 6.45) is 5.87. The van der Waals surface area contributed by atoms with Crippen LogP contribution >= 0.6 is 24.0 Å². The van der Waals surface area contributed by atoms with Crippen molar-refractivity contribution in [1.29, 1.82) is 5.26 Å². The molecule has 1 aliphatic rings. The molecule has 0 atom stereocenters. The molecule has 9 heteroatoms. The van der Waals surface area contributed by atoms with Crippen LogP contribution in [0.25, 0.3) is 6.08 Å². The van der Waals surface area contributed by atoms with E-state index in [0.717, 1.165) is 31.2 Å². The predicted octanol–water partition coefficient (Wildman–Crippen LogP) is 5.58. The van der Waals surface area contributed by atoms with E-state index in [1.807, 2.05) is 13.0 Å². The Hall–Kier alpha value is -2.96. The molecule has 6 nitrogen and oxygen atoms in total. The van der Waals surface area contributed by atoms with Crippen molar-refractivity contribution >= 4 is 46.1 Å². The number of nitriles is 1. The first-order chi connectivity index (χ1) is 16.8. The smallest absolute Gasteiger partial charge is 0.270 e. The van der Waals surface area contributed by atoms with E-state index in [1.165, 1.54) is 28.5 Å². The molecule has 0 spiro atoms. The normalized spacial score (nSPS) is 14.6. The Morgan fingerprint density at radius 3 is 2.51 bits per heavy atom. The van der Waals surface area contributed by atoms with Gasteiger partial charge in [-0.05, 0) is 49.6 Å². The van der Waals surface area contributed by atoms with Gasteiger partial charge in [0.25, 0.3) is 11.5 Å². The number of halogens is 1. The molecule has 0 bridgehead atoms. The van der Waals surface area contributed by atoms with Crippen molar-refractivity contribution in [3.8, 4) is 6.07 Å². The van der Waals surface area contributed by atoms with Crippen molar-refractivity contribution in [2.45, 2.75) is 59.5 Å². The van der Waals surface area contributed by atoms with E-state index >= 15 is 0 Å². The van der Waals surface area contributed by atoms with Crippen LogP contribution < -0.4 is 10.9 Å². The Morgan fingerprint density at radius 2 is 1.89 bits per heavy atom. The minimum absolute atomic E-state index is 0.0421. The number of benzene rings is 1. The van der Waals surface area contributed by atoms with Gasteiger partial charge < -0.3 is 5.32 Å². The maximum absolute atomic E-state index is 13.3. The van der Waals surface area contributed by atoms with Crippen molar-refractivity contribution in [1.82, 2.24) is 9.47 Å². The quantitative estimate of drug-likeness (QED) is 0.254. The average molecular weight is 513 g/mol. The summed E-state index contributed by atoms with van der Waals surface area (Å²) in [4.78, 5) is 28.2. The van der Waals surface area contributed by atoms with Crippen LogP contribution in [0.1, 0.15) is 61.8 Å². The van der Waals surface area contributed by atoms with Crippen molar-refractivity contribution in [2.24, 2.45) is 0 Å².